The van der Waals surface area contributed by atoms with Gasteiger partial charge in [-0.15, -0.1) is 0 Å². The standard InChI is InChI=1S/C20H27NO3/c22-19(17-6-7-17)21-11-9-20(10-12-21)14-18(8-13-24-20)23-15-16-4-2-1-3-5-16/h1-5,17-18H,6-15H2. The molecular weight excluding hydrogens is 302 g/mol. The molecule has 130 valence electrons. The Morgan fingerprint density at radius 3 is 2.62 bits per heavy atom. The predicted molar refractivity (Wildman–Crippen MR) is 91.5 cm³/mol. The summed E-state index contributed by atoms with van der Waals surface area (Å²) < 4.78 is 12.3. The smallest absolute Gasteiger partial charge is 0.225 e. The number of benzene rings is 1. The number of hydrogen-bond acceptors (Lipinski definition) is 3. The monoisotopic (exact) mass is 329 g/mol. The molecule has 3 aliphatic rings. The van der Waals surface area contributed by atoms with Crippen molar-refractivity contribution in [3.8, 4) is 0 Å². The maximum Gasteiger partial charge on any atom is 0.225 e. The Morgan fingerprint density at radius 1 is 1.17 bits per heavy atom. The van der Waals surface area contributed by atoms with Gasteiger partial charge in [0.2, 0.25) is 5.91 Å². The number of nitrogens with zero attached hydrogens (tertiary/aromatic N) is 1. The fourth-order valence-corrected chi connectivity index (χ4v) is 3.98. The van der Waals surface area contributed by atoms with Crippen molar-refractivity contribution >= 4 is 5.91 Å². The van der Waals surface area contributed by atoms with E-state index in [1.54, 1.807) is 0 Å². The van der Waals surface area contributed by atoms with E-state index >= 15 is 0 Å². The summed E-state index contributed by atoms with van der Waals surface area (Å²) in [6.07, 6.45) is 6.29. The first-order chi connectivity index (χ1) is 11.7. The second kappa shape index (κ2) is 6.85. The molecule has 2 aliphatic heterocycles. The average molecular weight is 329 g/mol. The molecule has 2 saturated heterocycles. The molecule has 3 fully saturated rings. The molecule has 1 aliphatic carbocycles. The van der Waals surface area contributed by atoms with Crippen LogP contribution in [-0.4, -0.2) is 42.2 Å². The lowest BCUT2D eigenvalue weighted by Gasteiger charge is -2.46. The van der Waals surface area contributed by atoms with E-state index in [0.29, 0.717) is 18.4 Å². The molecule has 0 radical (unpaired) electrons. The number of likely N-dealkylation sites (tertiary alicyclic amines) is 1. The van der Waals surface area contributed by atoms with Crippen molar-refractivity contribution < 1.29 is 14.3 Å². The van der Waals surface area contributed by atoms with Gasteiger partial charge >= 0.3 is 0 Å². The van der Waals surface area contributed by atoms with E-state index in [1.165, 1.54) is 5.56 Å². The van der Waals surface area contributed by atoms with Gasteiger partial charge in [-0.2, -0.15) is 0 Å². The SMILES string of the molecule is O=C(C1CC1)N1CCC2(CC1)CC(OCc1ccccc1)CCO2. The summed E-state index contributed by atoms with van der Waals surface area (Å²) in [6, 6.07) is 10.4. The van der Waals surface area contributed by atoms with Crippen LogP contribution in [0.3, 0.4) is 0 Å². The fourth-order valence-electron chi connectivity index (χ4n) is 3.98. The van der Waals surface area contributed by atoms with Crippen molar-refractivity contribution in [2.75, 3.05) is 19.7 Å². The second-order valence-corrected chi connectivity index (χ2v) is 7.54. The Kier molecular flexibility index (Phi) is 4.59. The Balaban J connectivity index is 1.29. The van der Waals surface area contributed by atoms with Gasteiger partial charge in [-0.25, -0.2) is 0 Å². The Morgan fingerprint density at radius 2 is 1.92 bits per heavy atom. The highest BCUT2D eigenvalue weighted by Crippen LogP contribution is 2.38. The molecule has 4 heteroatoms. The van der Waals surface area contributed by atoms with Gasteiger partial charge in [0.1, 0.15) is 0 Å². The fraction of sp³-hybridized carbons (Fsp3) is 0.650. The summed E-state index contributed by atoms with van der Waals surface area (Å²) in [6.45, 7) is 3.14. The van der Waals surface area contributed by atoms with Crippen LogP contribution in [0.25, 0.3) is 0 Å². The first kappa shape index (κ1) is 16.1. The van der Waals surface area contributed by atoms with E-state index in [4.69, 9.17) is 9.47 Å². The minimum absolute atomic E-state index is 0.0695. The quantitative estimate of drug-likeness (QED) is 0.852. The molecule has 0 bridgehead atoms. The van der Waals surface area contributed by atoms with Crippen molar-refractivity contribution in [1.82, 2.24) is 4.90 Å². The lowest BCUT2D eigenvalue weighted by Crippen LogP contribution is -2.52. The molecule has 1 amide bonds. The number of hydrogen-bond donors (Lipinski definition) is 0. The van der Waals surface area contributed by atoms with Crippen LogP contribution in [0.15, 0.2) is 30.3 Å². The van der Waals surface area contributed by atoms with E-state index in [0.717, 1.165) is 58.2 Å². The third kappa shape index (κ3) is 3.65. The highest BCUT2D eigenvalue weighted by atomic mass is 16.5. The zero-order valence-corrected chi connectivity index (χ0v) is 14.3. The highest BCUT2D eigenvalue weighted by molar-refractivity contribution is 5.81. The van der Waals surface area contributed by atoms with Gasteiger partial charge in [-0.05, 0) is 37.7 Å². The summed E-state index contributed by atoms with van der Waals surface area (Å²) in [5.41, 5.74) is 1.16. The molecule has 1 saturated carbocycles. The van der Waals surface area contributed by atoms with Crippen LogP contribution in [0.2, 0.25) is 0 Å². The van der Waals surface area contributed by atoms with E-state index in [-0.39, 0.29) is 11.7 Å². The van der Waals surface area contributed by atoms with Gasteiger partial charge in [0, 0.05) is 32.0 Å². The number of carbonyl (C=O) groups excluding carboxylic acids is 1. The number of ether oxygens (including phenoxy) is 2. The van der Waals surface area contributed by atoms with Crippen molar-refractivity contribution in [3.05, 3.63) is 35.9 Å². The van der Waals surface area contributed by atoms with E-state index in [1.807, 2.05) is 6.07 Å². The Hall–Kier alpha value is -1.39. The summed E-state index contributed by atoms with van der Waals surface area (Å²) >= 11 is 0. The van der Waals surface area contributed by atoms with Crippen molar-refractivity contribution in [2.24, 2.45) is 5.92 Å². The molecule has 0 aromatic heterocycles. The summed E-state index contributed by atoms with van der Waals surface area (Å²) in [7, 11) is 0. The zero-order valence-electron chi connectivity index (χ0n) is 14.3. The third-order valence-electron chi connectivity index (χ3n) is 5.69. The molecule has 1 unspecified atom stereocenters. The lowest BCUT2D eigenvalue weighted by atomic mass is 9.83. The van der Waals surface area contributed by atoms with Crippen LogP contribution in [0.5, 0.6) is 0 Å². The van der Waals surface area contributed by atoms with Crippen LogP contribution >= 0.6 is 0 Å². The van der Waals surface area contributed by atoms with E-state index in [2.05, 4.69) is 29.2 Å². The van der Waals surface area contributed by atoms with Crippen molar-refractivity contribution in [1.29, 1.82) is 0 Å². The molecule has 2 heterocycles. The van der Waals surface area contributed by atoms with Gasteiger partial charge in [-0.3, -0.25) is 4.79 Å². The first-order valence-corrected chi connectivity index (χ1v) is 9.32. The van der Waals surface area contributed by atoms with Crippen molar-refractivity contribution in [3.63, 3.8) is 0 Å². The van der Waals surface area contributed by atoms with Crippen LogP contribution in [0, 0.1) is 5.92 Å². The van der Waals surface area contributed by atoms with Crippen molar-refractivity contribution in [2.45, 2.75) is 56.8 Å². The summed E-state index contributed by atoms with van der Waals surface area (Å²) in [4.78, 5) is 14.3. The zero-order chi connectivity index (χ0) is 16.4. The number of piperidine rings is 1. The predicted octanol–water partition coefficient (Wildman–Crippen LogP) is 3.15. The Bertz CT molecular complexity index is 562. The lowest BCUT2D eigenvalue weighted by molar-refractivity contribution is -0.163. The minimum atomic E-state index is -0.0695. The van der Waals surface area contributed by atoms with Gasteiger partial charge in [0.25, 0.3) is 0 Å². The van der Waals surface area contributed by atoms with Crippen LogP contribution in [0.1, 0.15) is 44.1 Å². The van der Waals surface area contributed by atoms with Gasteiger partial charge in [-0.1, -0.05) is 30.3 Å². The Labute approximate surface area is 144 Å². The molecule has 4 rings (SSSR count). The molecule has 0 N–H and O–H groups in total. The van der Waals surface area contributed by atoms with Crippen LogP contribution in [-0.2, 0) is 20.9 Å². The molecule has 1 aromatic carbocycles. The average Bonchev–Trinajstić information content (AvgIpc) is 3.46. The van der Waals surface area contributed by atoms with E-state index < -0.39 is 0 Å². The molecular formula is C20H27NO3. The summed E-state index contributed by atoms with van der Waals surface area (Å²) in [5, 5.41) is 0. The maximum absolute atomic E-state index is 12.2. The molecule has 1 aromatic rings. The normalized spacial score (nSPS) is 26.5. The highest BCUT2D eigenvalue weighted by Gasteiger charge is 2.43. The van der Waals surface area contributed by atoms with Crippen LogP contribution in [0.4, 0.5) is 0 Å². The third-order valence-corrected chi connectivity index (χ3v) is 5.69. The van der Waals surface area contributed by atoms with Gasteiger partial charge < -0.3 is 14.4 Å². The maximum atomic E-state index is 12.2. The largest absolute Gasteiger partial charge is 0.375 e. The number of rotatable bonds is 4. The van der Waals surface area contributed by atoms with E-state index in [9.17, 15) is 4.79 Å². The number of amides is 1. The first-order valence-electron chi connectivity index (χ1n) is 9.32. The number of carbonyl (C=O) groups is 1. The molecule has 4 nitrogen and oxygen atoms in total. The molecule has 24 heavy (non-hydrogen) atoms. The van der Waals surface area contributed by atoms with Gasteiger partial charge in [0.15, 0.2) is 0 Å². The molecule has 1 spiro atoms. The van der Waals surface area contributed by atoms with Crippen LogP contribution < -0.4 is 0 Å². The topological polar surface area (TPSA) is 38.8 Å². The molecule has 1 atom stereocenters. The second-order valence-electron chi connectivity index (χ2n) is 7.54. The minimum Gasteiger partial charge on any atom is -0.375 e. The summed E-state index contributed by atoms with van der Waals surface area (Å²) in [5.74, 6) is 0.700. The van der Waals surface area contributed by atoms with Gasteiger partial charge in [0.05, 0.1) is 18.3 Å².